The molecule has 1 aromatic heterocycles. The van der Waals surface area contributed by atoms with Crippen LogP contribution >= 0.6 is 11.6 Å². The summed E-state index contributed by atoms with van der Waals surface area (Å²) >= 11 is 5.70. The molecular formula is C8H9ClN2O. The Hall–Kier alpha value is -0.800. The Balaban J connectivity index is 2.17. The van der Waals surface area contributed by atoms with Crippen LogP contribution in [-0.2, 0) is 4.84 Å². The highest BCUT2D eigenvalue weighted by Crippen LogP contribution is 2.17. The largest absolute Gasteiger partial charge is 0.272 e. The molecule has 0 amide bonds. The Morgan fingerprint density at radius 3 is 3.00 bits per heavy atom. The molecule has 1 aliphatic rings. The first-order chi connectivity index (χ1) is 5.86. The van der Waals surface area contributed by atoms with E-state index < -0.39 is 0 Å². The number of pyridine rings is 1. The van der Waals surface area contributed by atoms with E-state index >= 15 is 0 Å². The molecule has 0 saturated carbocycles. The second-order valence-electron chi connectivity index (χ2n) is 2.62. The van der Waals surface area contributed by atoms with Gasteiger partial charge < -0.3 is 0 Å². The molecule has 2 rings (SSSR count). The van der Waals surface area contributed by atoms with Gasteiger partial charge in [-0.25, -0.2) is 10.0 Å². The first-order valence-corrected chi connectivity index (χ1v) is 4.26. The molecule has 4 heteroatoms. The molecule has 1 aliphatic heterocycles. The van der Waals surface area contributed by atoms with E-state index in [-0.39, 0.29) is 0 Å². The third-order valence-corrected chi connectivity index (χ3v) is 1.94. The SMILES string of the molecule is Clc1ccc(N2CCCO2)nc1. The minimum atomic E-state index is 0.651. The van der Waals surface area contributed by atoms with Crippen LogP contribution in [0.5, 0.6) is 0 Å². The molecule has 3 nitrogen and oxygen atoms in total. The van der Waals surface area contributed by atoms with Gasteiger partial charge in [0.15, 0.2) is 5.82 Å². The van der Waals surface area contributed by atoms with Crippen molar-refractivity contribution in [3.63, 3.8) is 0 Å². The van der Waals surface area contributed by atoms with Crippen molar-refractivity contribution in [2.75, 3.05) is 18.2 Å². The molecule has 0 unspecified atom stereocenters. The van der Waals surface area contributed by atoms with Crippen molar-refractivity contribution in [1.82, 2.24) is 4.98 Å². The van der Waals surface area contributed by atoms with Gasteiger partial charge in [-0.15, -0.1) is 0 Å². The summed E-state index contributed by atoms with van der Waals surface area (Å²) in [5.41, 5.74) is 0. The van der Waals surface area contributed by atoms with Crippen LogP contribution in [0.3, 0.4) is 0 Å². The molecule has 1 fully saturated rings. The van der Waals surface area contributed by atoms with E-state index in [0.717, 1.165) is 25.4 Å². The molecule has 2 heterocycles. The third kappa shape index (κ3) is 1.52. The smallest absolute Gasteiger partial charge is 0.152 e. The predicted molar refractivity (Wildman–Crippen MR) is 47.2 cm³/mol. The van der Waals surface area contributed by atoms with E-state index in [1.807, 2.05) is 12.1 Å². The number of halogens is 1. The van der Waals surface area contributed by atoms with Crippen molar-refractivity contribution < 1.29 is 4.84 Å². The molecule has 12 heavy (non-hydrogen) atoms. The summed E-state index contributed by atoms with van der Waals surface area (Å²) in [4.78, 5) is 9.44. The van der Waals surface area contributed by atoms with E-state index in [0.29, 0.717) is 5.02 Å². The highest BCUT2D eigenvalue weighted by atomic mass is 35.5. The average Bonchev–Trinajstić information content (AvgIpc) is 2.58. The van der Waals surface area contributed by atoms with Crippen LogP contribution in [0.15, 0.2) is 18.3 Å². The summed E-state index contributed by atoms with van der Waals surface area (Å²) in [6.07, 6.45) is 2.68. The quantitative estimate of drug-likeness (QED) is 0.667. The summed E-state index contributed by atoms with van der Waals surface area (Å²) in [6, 6.07) is 3.67. The Bertz CT molecular complexity index is 256. The van der Waals surface area contributed by atoms with Crippen LogP contribution < -0.4 is 5.06 Å². The molecule has 0 N–H and O–H groups in total. The van der Waals surface area contributed by atoms with Gasteiger partial charge in [-0.1, -0.05) is 11.6 Å². The Morgan fingerprint density at radius 1 is 1.50 bits per heavy atom. The normalized spacial score (nSPS) is 16.9. The topological polar surface area (TPSA) is 25.4 Å². The molecule has 0 radical (unpaired) electrons. The fourth-order valence-corrected chi connectivity index (χ4v) is 1.26. The van der Waals surface area contributed by atoms with Gasteiger partial charge in [0.2, 0.25) is 0 Å². The molecule has 0 aliphatic carbocycles. The molecular weight excluding hydrogens is 176 g/mol. The lowest BCUT2D eigenvalue weighted by Crippen LogP contribution is -2.16. The van der Waals surface area contributed by atoms with Gasteiger partial charge in [0.25, 0.3) is 0 Å². The number of hydrogen-bond donors (Lipinski definition) is 0. The summed E-state index contributed by atoms with van der Waals surface area (Å²) in [5, 5.41) is 2.44. The van der Waals surface area contributed by atoms with Crippen molar-refractivity contribution in [2.24, 2.45) is 0 Å². The second-order valence-corrected chi connectivity index (χ2v) is 3.06. The lowest BCUT2D eigenvalue weighted by atomic mass is 10.4. The van der Waals surface area contributed by atoms with E-state index in [1.165, 1.54) is 0 Å². The van der Waals surface area contributed by atoms with Gasteiger partial charge in [0.05, 0.1) is 11.6 Å². The zero-order chi connectivity index (χ0) is 8.39. The van der Waals surface area contributed by atoms with E-state index in [9.17, 15) is 0 Å². The van der Waals surface area contributed by atoms with Gasteiger partial charge in [-0.2, -0.15) is 0 Å². The standard InChI is InChI=1S/C8H9ClN2O/c9-7-2-3-8(10-6-7)11-4-1-5-12-11/h2-3,6H,1,4-5H2. The molecule has 1 aromatic rings. The van der Waals surface area contributed by atoms with Crippen LogP contribution in [0.4, 0.5) is 5.82 Å². The highest BCUT2D eigenvalue weighted by Gasteiger charge is 2.13. The van der Waals surface area contributed by atoms with Crippen molar-refractivity contribution >= 4 is 17.4 Å². The molecule has 0 atom stereocenters. The number of anilines is 1. The maximum Gasteiger partial charge on any atom is 0.152 e. The molecule has 1 saturated heterocycles. The summed E-state index contributed by atoms with van der Waals surface area (Å²) < 4.78 is 0. The second kappa shape index (κ2) is 3.29. The fraction of sp³-hybridized carbons (Fsp3) is 0.375. The Morgan fingerprint density at radius 2 is 2.42 bits per heavy atom. The van der Waals surface area contributed by atoms with Gasteiger partial charge in [0.1, 0.15) is 0 Å². The molecule has 0 aromatic carbocycles. The van der Waals surface area contributed by atoms with Gasteiger partial charge in [0, 0.05) is 12.7 Å². The zero-order valence-corrected chi connectivity index (χ0v) is 7.29. The monoisotopic (exact) mass is 184 g/mol. The third-order valence-electron chi connectivity index (χ3n) is 1.72. The number of aromatic nitrogens is 1. The van der Waals surface area contributed by atoms with E-state index in [4.69, 9.17) is 16.4 Å². The zero-order valence-electron chi connectivity index (χ0n) is 6.53. The highest BCUT2D eigenvalue weighted by molar-refractivity contribution is 6.30. The first kappa shape index (κ1) is 7.83. The predicted octanol–water partition coefficient (Wildman–Crippen LogP) is 1.88. The fourth-order valence-electron chi connectivity index (χ4n) is 1.14. The van der Waals surface area contributed by atoms with Crippen molar-refractivity contribution in [2.45, 2.75) is 6.42 Å². The Labute approximate surface area is 75.9 Å². The molecule has 64 valence electrons. The number of nitrogens with zero attached hydrogens (tertiary/aromatic N) is 2. The Kier molecular flexibility index (Phi) is 2.15. The number of rotatable bonds is 1. The van der Waals surface area contributed by atoms with Crippen LogP contribution in [0.2, 0.25) is 5.02 Å². The lowest BCUT2D eigenvalue weighted by Gasteiger charge is -2.13. The number of hydroxylamine groups is 1. The minimum absolute atomic E-state index is 0.651. The summed E-state index contributed by atoms with van der Waals surface area (Å²) in [7, 11) is 0. The minimum Gasteiger partial charge on any atom is -0.272 e. The van der Waals surface area contributed by atoms with Crippen molar-refractivity contribution in [3.05, 3.63) is 23.4 Å². The maximum absolute atomic E-state index is 5.70. The van der Waals surface area contributed by atoms with E-state index in [2.05, 4.69) is 4.98 Å². The van der Waals surface area contributed by atoms with Crippen molar-refractivity contribution in [1.29, 1.82) is 0 Å². The lowest BCUT2D eigenvalue weighted by molar-refractivity contribution is 0.166. The van der Waals surface area contributed by atoms with E-state index in [1.54, 1.807) is 11.3 Å². The molecule has 0 spiro atoms. The first-order valence-electron chi connectivity index (χ1n) is 3.88. The van der Waals surface area contributed by atoms with Gasteiger partial charge in [-0.05, 0) is 18.6 Å². The summed E-state index contributed by atoms with van der Waals surface area (Å²) in [5.74, 6) is 0.830. The van der Waals surface area contributed by atoms with Gasteiger partial charge >= 0.3 is 0 Å². The molecule has 0 bridgehead atoms. The van der Waals surface area contributed by atoms with Crippen LogP contribution in [-0.4, -0.2) is 18.1 Å². The maximum atomic E-state index is 5.70. The summed E-state index contributed by atoms with van der Waals surface area (Å²) in [6.45, 7) is 1.69. The number of hydrogen-bond acceptors (Lipinski definition) is 3. The van der Waals surface area contributed by atoms with Crippen LogP contribution in [0.25, 0.3) is 0 Å². The van der Waals surface area contributed by atoms with Gasteiger partial charge in [-0.3, -0.25) is 4.84 Å². The average molecular weight is 185 g/mol. The van der Waals surface area contributed by atoms with Crippen LogP contribution in [0.1, 0.15) is 6.42 Å². The van der Waals surface area contributed by atoms with Crippen LogP contribution in [0, 0.1) is 0 Å². The van der Waals surface area contributed by atoms with Crippen molar-refractivity contribution in [3.8, 4) is 0 Å².